The Kier molecular flexibility index (Phi) is 3.90. The molecule has 0 aliphatic heterocycles. The minimum Gasteiger partial charge on any atom is -0.330 e. The molecular weight excluding hydrogens is 300 g/mol. The molecule has 0 unspecified atom stereocenters. The number of amides is 1. The van der Waals surface area contributed by atoms with Gasteiger partial charge in [0.15, 0.2) is 0 Å². The minimum atomic E-state index is -5.95. The summed E-state index contributed by atoms with van der Waals surface area (Å²) in [6.45, 7) is -0.479. The quantitative estimate of drug-likeness (QED) is 0.779. The van der Waals surface area contributed by atoms with E-state index in [0.29, 0.717) is 17.7 Å². The van der Waals surface area contributed by atoms with Crippen LogP contribution in [0.15, 0.2) is 24.3 Å². The van der Waals surface area contributed by atoms with Crippen LogP contribution in [-0.4, -0.2) is 28.9 Å². The van der Waals surface area contributed by atoms with E-state index >= 15 is 0 Å². The van der Waals surface area contributed by atoms with Crippen LogP contribution >= 0.6 is 0 Å². The standard InChI is InChI=1S/C13H11F6NO/c14-9-3-1-2-8(6-9)7-20(10-4-5-10)11(21)12(15,16)13(17,18)19/h1-3,6,10H,4-5,7H2. The van der Waals surface area contributed by atoms with Gasteiger partial charge in [0, 0.05) is 12.6 Å². The van der Waals surface area contributed by atoms with Crippen molar-refractivity contribution in [1.29, 1.82) is 0 Å². The van der Waals surface area contributed by atoms with Crippen molar-refractivity contribution in [1.82, 2.24) is 4.90 Å². The molecule has 8 heteroatoms. The molecule has 1 aromatic rings. The van der Waals surface area contributed by atoms with Crippen molar-refractivity contribution in [2.45, 2.75) is 37.5 Å². The lowest BCUT2D eigenvalue weighted by molar-refractivity contribution is -0.275. The Bertz CT molecular complexity index is 538. The minimum absolute atomic E-state index is 0.160. The summed E-state index contributed by atoms with van der Waals surface area (Å²) in [6, 6.07) is 4.10. The number of carbonyl (C=O) groups excluding carboxylic acids is 1. The zero-order valence-electron chi connectivity index (χ0n) is 10.6. The SMILES string of the molecule is O=C(N(Cc1cccc(F)c1)C1CC1)C(F)(F)C(F)(F)F. The normalized spacial score (nSPS) is 15.9. The molecule has 1 aliphatic carbocycles. The maximum atomic E-state index is 13.2. The van der Waals surface area contributed by atoms with Crippen LogP contribution in [0.3, 0.4) is 0 Å². The summed E-state index contributed by atoms with van der Waals surface area (Å²) in [5, 5.41) is 0. The van der Waals surface area contributed by atoms with E-state index in [0.717, 1.165) is 12.1 Å². The average Bonchev–Trinajstić information content (AvgIpc) is 3.18. The van der Waals surface area contributed by atoms with Gasteiger partial charge in [-0.2, -0.15) is 22.0 Å². The van der Waals surface area contributed by atoms with Crippen molar-refractivity contribution in [3.05, 3.63) is 35.6 Å². The van der Waals surface area contributed by atoms with Crippen molar-refractivity contribution in [3.63, 3.8) is 0 Å². The largest absolute Gasteiger partial charge is 0.463 e. The molecule has 1 amide bonds. The van der Waals surface area contributed by atoms with Gasteiger partial charge in [-0.1, -0.05) is 12.1 Å². The van der Waals surface area contributed by atoms with Gasteiger partial charge in [0.05, 0.1) is 0 Å². The fourth-order valence-electron chi connectivity index (χ4n) is 1.89. The van der Waals surface area contributed by atoms with Crippen molar-refractivity contribution < 1.29 is 31.1 Å². The predicted octanol–water partition coefficient (Wildman–Crippen LogP) is 3.51. The van der Waals surface area contributed by atoms with Crippen LogP contribution in [0.4, 0.5) is 26.3 Å². The van der Waals surface area contributed by atoms with Gasteiger partial charge >= 0.3 is 18.0 Å². The van der Waals surface area contributed by atoms with Crippen LogP contribution in [0, 0.1) is 5.82 Å². The topological polar surface area (TPSA) is 20.3 Å². The summed E-state index contributed by atoms with van der Waals surface area (Å²) >= 11 is 0. The Morgan fingerprint density at radius 2 is 1.81 bits per heavy atom. The van der Waals surface area contributed by atoms with Crippen molar-refractivity contribution in [2.75, 3.05) is 0 Å². The third-order valence-electron chi connectivity index (χ3n) is 3.12. The molecule has 1 aliphatic rings. The molecule has 0 bridgehead atoms. The van der Waals surface area contributed by atoms with Crippen LogP contribution in [0.5, 0.6) is 0 Å². The van der Waals surface area contributed by atoms with Crippen LogP contribution < -0.4 is 0 Å². The summed E-state index contributed by atoms with van der Waals surface area (Å²) in [5.41, 5.74) is 0.160. The van der Waals surface area contributed by atoms with Crippen LogP contribution in [0.25, 0.3) is 0 Å². The molecule has 0 heterocycles. The molecule has 1 aromatic carbocycles. The van der Waals surface area contributed by atoms with E-state index in [1.54, 1.807) is 0 Å². The third kappa shape index (κ3) is 3.30. The van der Waals surface area contributed by atoms with E-state index in [9.17, 15) is 31.1 Å². The highest BCUT2D eigenvalue weighted by molar-refractivity contribution is 5.85. The van der Waals surface area contributed by atoms with Crippen molar-refractivity contribution in [3.8, 4) is 0 Å². The van der Waals surface area contributed by atoms with Crippen LogP contribution in [-0.2, 0) is 11.3 Å². The molecular formula is C13H11F6NO. The van der Waals surface area contributed by atoms with E-state index in [-0.39, 0.29) is 5.56 Å². The molecule has 116 valence electrons. The van der Waals surface area contributed by atoms with E-state index in [2.05, 4.69) is 0 Å². The van der Waals surface area contributed by atoms with E-state index in [1.807, 2.05) is 0 Å². The second-order valence-electron chi connectivity index (χ2n) is 4.87. The molecule has 0 spiro atoms. The molecule has 2 rings (SSSR count). The lowest BCUT2D eigenvalue weighted by Crippen LogP contribution is -2.52. The van der Waals surface area contributed by atoms with Gasteiger partial charge in [0.25, 0.3) is 0 Å². The van der Waals surface area contributed by atoms with Gasteiger partial charge in [0.1, 0.15) is 5.82 Å². The molecule has 21 heavy (non-hydrogen) atoms. The van der Waals surface area contributed by atoms with E-state index in [4.69, 9.17) is 0 Å². The fraction of sp³-hybridized carbons (Fsp3) is 0.462. The number of alkyl halides is 5. The number of hydrogen-bond donors (Lipinski definition) is 0. The Morgan fingerprint density at radius 1 is 1.19 bits per heavy atom. The summed E-state index contributed by atoms with van der Waals surface area (Å²) in [6.07, 6.45) is -5.23. The predicted molar refractivity (Wildman–Crippen MR) is 61.0 cm³/mol. The van der Waals surface area contributed by atoms with Gasteiger partial charge in [-0.05, 0) is 30.5 Å². The smallest absolute Gasteiger partial charge is 0.330 e. The highest BCUT2D eigenvalue weighted by atomic mass is 19.4. The highest BCUT2D eigenvalue weighted by Crippen LogP contribution is 2.40. The van der Waals surface area contributed by atoms with Gasteiger partial charge in [-0.25, -0.2) is 4.39 Å². The highest BCUT2D eigenvalue weighted by Gasteiger charge is 2.65. The monoisotopic (exact) mass is 311 g/mol. The average molecular weight is 311 g/mol. The Hall–Kier alpha value is -1.73. The van der Waals surface area contributed by atoms with E-state index in [1.165, 1.54) is 12.1 Å². The molecule has 2 nitrogen and oxygen atoms in total. The maximum absolute atomic E-state index is 13.2. The number of halogens is 6. The third-order valence-corrected chi connectivity index (χ3v) is 3.12. The Morgan fingerprint density at radius 3 is 2.29 bits per heavy atom. The summed E-state index contributed by atoms with van der Waals surface area (Å²) in [7, 11) is 0. The summed E-state index contributed by atoms with van der Waals surface area (Å²) < 4.78 is 76.2. The molecule has 0 radical (unpaired) electrons. The summed E-state index contributed by atoms with van der Waals surface area (Å²) in [4.78, 5) is 12.0. The lowest BCUT2D eigenvalue weighted by Gasteiger charge is -2.28. The van der Waals surface area contributed by atoms with Gasteiger partial charge in [-0.3, -0.25) is 4.79 Å². The second-order valence-corrected chi connectivity index (χ2v) is 4.87. The molecule has 0 saturated heterocycles. The van der Waals surface area contributed by atoms with Gasteiger partial charge in [-0.15, -0.1) is 0 Å². The zero-order chi connectivity index (χ0) is 15.8. The first-order chi connectivity index (χ1) is 9.63. The molecule has 0 N–H and O–H groups in total. The molecule has 0 aromatic heterocycles. The van der Waals surface area contributed by atoms with Crippen LogP contribution in [0.1, 0.15) is 18.4 Å². The number of benzene rings is 1. The molecule has 1 fully saturated rings. The van der Waals surface area contributed by atoms with Gasteiger partial charge < -0.3 is 4.90 Å². The first kappa shape index (κ1) is 15.7. The fourth-order valence-corrected chi connectivity index (χ4v) is 1.89. The van der Waals surface area contributed by atoms with Gasteiger partial charge in [0.2, 0.25) is 0 Å². The molecule has 0 atom stereocenters. The second kappa shape index (κ2) is 5.23. The maximum Gasteiger partial charge on any atom is 0.463 e. The number of nitrogens with zero attached hydrogens (tertiary/aromatic N) is 1. The number of rotatable bonds is 4. The first-order valence-electron chi connectivity index (χ1n) is 6.13. The van der Waals surface area contributed by atoms with E-state index < -0.39 is 36.4 Å². The van der Waals surface area contributed by atoms with Crippen molar-refractivity contribution >= 4 is 5.91 Å². The lowest BCUT2D eigenvalue weighted by atomic mass is 10.2. The Labute approximate surface area is 116 Å². The van der Waals surface area contributed by atoms with Crippen molar-refractivity contribution in [2.24, 2.45) is 0 Å². The van der Waals surface area contributed by atoms with Crippen LogP contribution in [0.2, 0.25) is 0 Å². The molecule has 1 saturated carbocycles. The zero-order valence-corrected chi connectivity index (χ0v) is 10.6. The number of carbonyl (C=O) groups is 1. The summed E-state index contributed by atoms with van der Waals surface area (Å²) in [5.74, 6) is -8.39. The Balaban J connectivity index is 2.22. The first-order valence-corrected chi connectivity index (χ1v) is 6.13. The number of hydrogen-bond acceptors (Lipinski definition) is 1.